The lowest BCUT2D eigenvalue weighted by molar-refractivity contribution is 0.126. The number of carbonyl (C=O) groups is 1. The third-order valence-corrected chi connectivity index (χ3v) is 3.95. The molecule has 0 saturated carbocycles. The summed E-state index contributed by atoms with van der Waals surface area (Å²) in [7, 11) is 0. The second kappa shape index (κ2) is 6.52. The molecule has 11 heteroatoms. The number of aromatic nitrogens is 6. The van der Waals surface area contributed by atoms with Gasteiger partial charge in [-0.1, -0.05) is 0 Å². The Kier molecular flexibility index (Phi) is 4.05. The van der Waals surface area contributed by atoms with Crippen molar-refractivity contribution in [3.63, 3.8) is 0 Å². The molecule has 1 aliphatic heterocycles. The van der Waals surface area contributed by atoms with Gasteiger partial charge in [0.05, 0.1) is 36.5 Å². The Labute approximate surface area is 146 Å². The fourth-order valence-corrected chi connectivity index (χ4v) is 2.73. The largest absolute Gasteiger partial charge is 0.442 e. The van der Waals surface area contributed by atoms with E-state index in [1.807, 2.05) is 0 Å². The monoisotopic (exact) mass is 359 g/mol. The average molecular weight is 359 g/mol. The first-order valence-corrected chi connectivity index (χ1v) is 7.76. The molecule has 1 saturated heterocycles. The van der Waals surface area contributed by atoms with Gasteiger partial charge in [-0.15, -0.1) is 10.2 Å². The molecule has 10 nitrogen and oxygen atoms in total. The summed E-state index contributed by atoms with van der Waals surface area (Å²) in [5, 5.41) is 20.3. The van der Waals surface area contributed by atoms with Crippen LogP contribution >= 0.6 is 0 Å². The Morgan fingerprint density at radius 2 is 2.27 bits per heavy atom. The Hall–Kier alpha value is -3.34. The SMILES string of the molecule is O=C1O[C@@H](Cn2ncnn2)CN1c1ccc(-n2cnc(CO)c2)c(F)c1. The Balaban J connectivity index is 1.52. The molecule has 1 aromatic carbocycles. The molecule has 4 rings (SSSR count). The number of cyclic esters (lactones) is 1. The first-order chi connectivity index (χ1) is 12.6. The second-order valence-electron chi connectivity index (χ2n) is 5.67. The minimum absolute atomic E-state index is 0.228. The number of carbonyl (C=O) groups excluding carboxylic acids is 1. The topological polar surface area (TPSA) is 111 Å². The van der Waals surface area contributed by atoms with Crippen molar-refractivity contribution in [2.24, 2.45) is 0 Å². The van der Waals surface area contributed by atoms with E-state index in [4.69, 9.17) is 9.84 Å². The van der Waals surface area contributed by atoms with Crippen LogP contribution < -0.4 is 4.90 Å². The van der Waals surface area contributed by atoms with Gasteiger partial charge < -0.3 is 14.4 Å². The number of aliphatic hydroxyl groups is 1. The normalized spacial score (nSPS) is 16.9. The van der Waals surface area contributed by atoms with Gasteiger partial charge in [-0.2, -0.15) is 4.80 Å². The lowest BCUT2D eigenvalue weighted by Crippen LogP contribution is -2.26. The minimum atomic E-state index is -0.563. The smallest absolute Gasteiger partial charge is 0.414 e. The van der Waals surface area contributed by atoms with Gasteiger partial charge in [0.25, 0.3) is 0 Å². The molecule has 134 valence electrons. The maximum Gasteiger partial charge on any atom is 0.414 e. The van der Waals surface area contributed by atoms with Crippen LogP contribution in [-0.2, 0) is 17.9 Å². The fourth-order valence-electron chi connectivity index (χ4n) is 2.73. The first kappa shape index (κ1) is 16.1. The molecule has 0 spiro atoms. The quantitative estimate of drug-likeness (QED) is 0.707. The van der Waals surface area contributed by atoms with Gasteiger partial charge in [-0.25, -0.2) is 14.2 Å². The van der Waals surface area contributed by atoms with Gasteiger partial charge in [0.15, 0.2) is 6.33 Å². The molecule has 0 radical (unpaired) electrons. The van der Waals surface area contributed by atoms with Gasteiger partial charge in [-0.3, -0.25) is 4.90 Å². The summed E-state index contributed by atoms with van der Waals surface area (Å²) in [5.41, 5.74) is 1.07. The molecule has 1 aliphatic rings. The van der Waals surface area contributed by atoms with Crippen LogP contribution in [0, 0.1) is 5.82 Å². The molecule has 0 unspecified atom stereocenters. The zero-order valence-electron chi connectivity index (χ0n) is 13.4. The van der Waals surface area contributed by atoms with Crippen molar-refractivity contribution < 1.29 is 19.0 Å². The molecule has 26 heavy (non-hydrogen) atoms. The number of anilines is 1. The molecule has 0 aliphatic carbocycles. The highest BCUT2D eigenvalue weighted by Crippen LogP contribution is 2.26. The van der Waals surface area contributed by atoms with E-state index < -0.39 is 18.0 Å². The maximum atomic E-state index is 14.5. The van der Waals surface area contributed by atoms with E-state index in [2.05, 4.69) is 20.4 Å². The number of halogens is 1. The molecule has 3 heterocycles. The molecule has 1 N–H and O–H groups in total. The van der Waals surface area contributed by atoms with E-state index in [1.165, 1.54) is 45.2 Å². The lowest BCUT2D eigenvalue weighted by atomic mass is 10.2. The predicted octanol–water partition coefficient (Wildman–Crippen LogP) is 0.516. The molecule has 1 amide bonds. The Morgan fingerprint density at radius 1 is 1.38 bits per heavy atom. The highest BCUT2D eigenvalue weighted by atomic mass is 19.1. The number of rotatable bonds is 5. The second-order valence-corrected chi connectivity index (χ2v) is 5.67. The number of hydrogen-bond acceptors (Lipinski definition) is 7. The number of imidazole rings is 1. The number of nitrogens with zero attached hydrogens (tertiary/aromatic N) is 7. The summed E-state index contributed by atoms with van der Waals surface area (Å²) in [5.74, 6) is -0.529. The molecular weight excluding hydrogens is 345 g/mol. The van der Waals surface area contributed by atoms with Gasteiger partial charge in [0.2, 0.25) is 0 Å². The van der Waals surface area contributed by atoms with E-state index in [1.54, 1.807) is 6.07 Å². The standard InChI is InChI=1S/C15H14FN7O3/c16-13-3-11(1-2-14(13)21-4-10(7-24)17-9-21)22-5-12(26-15(22)25)6-23-19-8-18-20-23/h1-4,8-9,12,24H,5-7H2/t12-/m1/s1. The zero-order valence-corrected chi connectivity index (χ0v) is 13.4. The van der Waals surface area contributed by atoms with E-state index >= 15 is 0 Å². The van der Waals surface area contributed by atoms with Gasteiger partial charge >= 0.3 is 6.09 Å². The van der Waals surface area contributed by atoms with Crippen molar-refractivity contribution in [2.75, 3.05) is 11.4 Å². The van der Waals surface area contributed by atoms with Crippen molar-refractivity contribution in [2.45, 2.75) is 19.3 Å². The van der Waals surface area contributed by atoms with E-state index in [-0.39, 0.29) is 25.4 Å². The minimum Gasteiger partial charge on any atom is -0.442 e. The number of ether oxygens (including phenoxy) is 1. The molecule has 1 fully saturated rings. The van der Waals surface area contributed by atoms with Gasteiger partial charge in [0.1, 0.15) is 18.5 Å². The lowest BCUT2D eigenvalue weighted by Gasteiger charge is -2.14. The highest BCUT2D eigenvalue weighted by molar-refractivity contribution is 5.89. The van der Waals surface area contributed by atoms with Crippen LogP contribution in [0.5, 0.6) is 0 Å². The molecule has 1 atom stereocenters. The number of amides is 1. The molecule has 0 bridgehead atoms. The predicted molar refractivity (Wildman–Crippen MR) is 84.9 cm³/mol. The summed E-state index contributed by atoms with van der Waals surface area (Å²) in [6.07, 6.45) is 3.21. The summed E-state index contributed by atoms with van der Waals surface area (Å²) in [4.78, 5) is 18.7. The summed E-state index contributed by atoms with van der Waals surface area (Å²) in [6.45, 7) is 0.287. The average Bonchev–Trinajstić information content (AvgIpc) is 3.36. The number of aliphatic hydroxyl groups excluding tert-OH is 1. The van der Waals surface area contributed by atoms with Gasteiger partial charge in [-0.05, 0) is 23.4 Å². The van der Waals surface area contributed by atoms with Crippen LogP contribution in [0.25, 0.3) is 5.69 Å². The Bertz CT molecular complexity index is 927. The van der Waals surface area contributed by atoms with E-state index in [9.17, 15) is 9.18 Å². The van der Waals surface area contributed by atoms with Crippen molar-refractivity contribution in [1.29, 1.82) is 0 Å². The number of benzene rings is 1. The fraction of sp³-hybridized carbons (Fsp3) is 0.267. The third kappa shape index (κ3) is 2.99. The molecule has 2 aromatic heterocycles. The van der Waals surface area contributed by atoms with Crippen LogP contribution in [0.4, 0.5) is 14.9 Å². The van der Waals surface area contributed by atoms with Crippen LogP contribution in [0.15, 0.2) is 37.1 Å². The van der Waals surface area contributed by atoms with Crippen LogP contribution in [0.3, 0.4) is 0 Å². The highest BCUT2D eigenvalue weighted by Gasteiger charge is 2.33. The number of hydrogen-bond donors (Lipinski definition) is 1. The van der Waals surface area contributed by atoms with Gasteiger partial charge in [0, 0.05) is 6.20 Å². The molecule has 3 aromatic rings. The first-order valence-electron chi connectivity index (χ1n) is 7.76. The summed E-state index contributed by atoms with van der Waals surface area (Å²) < 4.78 is 21.2. The van der Waals surface area contributed by atoms with Crippen LogP contribution in [-0.4, -0.2) is 53.6 Å². The maximum absolute atomic E-state index is 14.5. The Morgan fingerprint density at radius 3 is 2.96 bits per heavy atom. The van der Waals surface area contributed by atoms with Crippen molar-refractivity contribution in [1.82, 2.24) is 29.8 Å². The van der Waals surface area contributed by atoms with E-state index in [0.717, 1.165) is 0 Å². The van der Waals surface area contributed by atoms with E-state index in [0.29, 0.717) is 11.4 Å². The van der Waals surface area contributed by atoms with Crippen LogP contribution in [0.1, 0.15) is 5.69 Å². The van der Waals surface area contributed by atoms with Crippen LogP contribution in [0.2, 0.25) is 0 Å². The summed E-state index contributed by atoms with van der Waals surface area (Å²) >= 11 is 0. The van der Waals surface area contributed by atoms with Crippen molar-refractivity contribution in [3.8, 4) is 5.69 Å². The third-order valence-electron chi connectivity index (χ3n) is 3.95. The summed E-state index contributed by atoms with van der Waals surface area (Å²) in [6, 6.07) is 4.41. The number of tetrazole rings is 1. The van der Waals surface area contributed by atoms with Crippen molar-refractivity contribution >= 4 is 11.8 Å². The zero-order chi connectivity index (χ0) is 18.1. The van der Waals surface area contributed by atoms with Crippen molar-refractivity contribution in [3.05, 3.63) is 48.6 Å². The molecular formula is C15H14FN7O3.